The molecule has 8 nitrogen and oxygen atoms in total. The van der Waals surface area contributed by atoms with Crippen LogP contribution >= 0.6 is 11.6 Å². The number of aromatic nitrogens is 4. The lowest BCUT2D eigenvalue weighted by Gasteiger charge is -2.13. The van der Waals surface area contributed by atoms with E-state index in [0.717, 1.165) is 16.6 Å². The average Bonchev–Trinajstić information content (AvgIpc) is 3.23. The van der Waals surface area contributed by atoms with Crippen LogP contribution in [0.3, 0.4) is 0 Å². The first-order chi connectivity index (χ1) is 16.3. The van der Waals surface area contributed by atoms with Crippen LogP contribution < -0.4 is 16.6 Å². The number of carbonyl (C=O) groups excluding carboxylic acids is 1. The van der Waals surface area contributed by atoms with Gasteiger partial charge in [0, 0.05) is 17.3 Å². The van der Waals surface area contributed by atoms with E-state index in [0.29, 0.717) is 34.3 Å². The van der Waals surface area contributed by atoms with Gasteiger partial charge >= 0.3 is 5.69 Å². The third kappa shape index (κ3) is 5.12. The Balaban J connectivity index is 1.78. The molecule has 0 fully saturated rings. The van der Waals surface area contributed by atoms with E-state index < -0.39 is 23.7 Å². The molecule has 0 aliphatic rings. The Hall–Kier alpha value is -3.65. The summed E-state index contributed by atoms with van der Waals surface area (Å²) in [6, 6.07) is 16.1. The van der Waals surface area contributed by atoms with Crippen molar-refractivity contribution in [2.75, 3.05) is 5.32 Å². The van der Waals surface area contributed by atoms with Crippen molar-refractivity contribution >= 4 is 34.4 Å². The Morgan fingerprint density at radius 2 is 1.82 bits per heavy atom. The van der Waals surface area contributed by atoms with Gasteiger partial charge in [0.1, 0.15) is 6.54 Å². The van der Waals surface area contributed by atoms with Gasteiger partial charge in [-0.15, -0.1) is 0 Å². The highest BCUT2D eigenvalue weighted by Crippen LogP contribution is 2.15. The number of aryl methyl sites for hydroxylation is 1. The van der Waals surface area contributed by atoms with Crippen LogP contribution in [0.15, 0.2) is 70.5 Å². The second-order valence-corrected chi connectivity index (χ2v) is 9.03. The Morgan fingerprint density at radius 1 is 1.06 bits per heavy atom. The molecule has 1 N–H and O–H groups in total. The number of halogens is 1. The molecule has 34 heavy (non-hydrogen) atoms. The van der Waals surface area contributed by atoms with Crippen molar-refractivity contribution in [2.24, 2.45) is 5.92 Å². The van der Waals surface area contributed by atoms with Gasteiger partial charge in [-0.2, -0.15) is 0 Å². The summed E-state index contributed by atoms with van der Waals surface area (Å²) < 4.78 is 4.19. The summed E-state index contributed by atoms with van der Waals surface area (Å²) in [6.07, 6.45) is 2.43. The van der Waals surface area contributed by atoms with Crippen LogP contribution in [0, 0.1) is 5.92 Å². The van der Waals surface area contributed by atoms with Gasteiger partial charge in [0.25, 0.3) is 5.56 Å². The maximum absolute atomic E-state index is 13.4. The lowest BCUT2D eigenvalue weighted by Crippen LogP contribution is -2.43. The van der Waals surface area contributed by atoms with Gasteiger partial charge in [-0.25, -0.2) is 14.3 Å². The predicted octanol–water partition coefficient (Wildman–Crippen LogP) is 3.75. The highest BCUT2D eigenvalue weighted by Gasteiger charge is 2.20. The molecule has 0 unspecified atom stereocenters. The molecule has 2 heterocycles. The first kappa shape index (κ1) is 23.5. The van der Waals surface area contributed by atoms with Gasteiger partial charge in [-0.1, -0.05) is 61.8 Å². The molecular weight excluding hydrogens is 454 g/mol. The Kier molecular flexibility index (Phi) is 6.98. The molecule has 1 amide bonds. The van der Waals surface area contributed by atoms with E-state index in [1.54, 1.807) is 35.2 Å². The molecule has 0 saturated carbocycles. The van der Waals surface area contributed by atoms with Crippen LogP contribution in [-0.4, -0.2) is 24.6 Å². The van der Waals surface area contributed by atoms with Crippen LogP contribution in [0.5, 0.6) is 0 Å². The minimum absolute atomic E-state index is 0.230. The largest absolute Gasteiger partial charge is 0.333 e. The van der Waals surface area contributed by atoms with Crippen LogP contribution in [0.2, 0.25) is 5.02 Å². The molecule has 0 spiro atoms. The quantitative estimate of drug-likeness (QED) is 0.416. The summed E-state index contributed by atoms with van der Waals surface area (Å²) in [5.41, 5.74) is 0.874. The monoisotopic (exact) mass is 479 g/mol. The van der Waals surface area contributed by atoms with E-state index in [-0.39, 0.29) is 6.54 Å². The van der Waals surface area contributed by atoms with Gasteiger partial charge in [0.05, 0.1) is 12.9 Å². The summed E-state index contributed by atoms with van der Waals surface area (Å²) in [5, 5.41) is 3.17. The number of rotatable bonds is 8. The summed E-state index contributed by atoms with van der Waals surface area (Å²) >= 11 is 5.99. The van der Waals surface area contributed by atoms with Gasteiger partial charge in [-0.3, -0.25) is 14.2 Å². The number of anilines is 1. The summed E-state index contributed by atoms with van der Waals surface area (Å²) in [5.74, 6) is -0.0707. The number of carbonyl (C=O) groups is 1. The minimum atomic E-state index is -0.586. The van der Waals surface area contributed by atoms with Crippen molar-refractivity contribution in [3.05, 3.63) is 92.3 Å². The van der Waals surface area contributed by atoms with Crippen LogP contribution in [0.1, 0.15) is 25.8 Å². The molecule has 0 radical (unpaired) electrons. The fourth-order valence-electron chi connectivity index (χ4n) is 3.76. The lowest BCUT2D eigenvalue weighted by molar-refractivity contribution is -0.116. The van der Waals surface area contributed by atoms with Crippen LogP contribution in [-0.2, 0) is 24.4 Å². The van der Waals surface area contributed by atoms with E-state index >= 15 is 0 Å². The minimum Gasteiger partial charge on any atom is -0.325 e. The standard InChI is InChI=1S/C25H26ClN5O3/c1-17(2)11-12-29-16-27-23-22(29)24(33)31(15-21(32)28-20-10-6-9-19(26)13-20)25(34)30(23)14-18-7-4-3-5-8-18/h3-10,13,16-17H,11-12,14-15H2,1-2H3,(H,28,32). The summed E-state index contributed by atoms with van der Waals surface area (Å²) in [7, 11) is 0. The van der Waals surface area contributed by atoms with Gasteiger partial charge in [0.15, 0.2) is 11.2 Å². The first-order valence-electron chi connectivity index (χ1n) is 11.1. The normalized spacial score (nSPS) is 11.3. The molecule has 9 heteroatoms. The molecule has 2 aromatic heterocycles. The number of nitrogens with one attached hydrogen (secondary N) is 1. The van der Waals surface area contributed by atoms with Crippen molar-refractivity contribution in [1.29, 1.82) is 0 Å². The second kappa shape index (κ2) is 10.1. The van der Waals surface area contributed by atoms with Crippen molar-refractivity contribution in [2.45, 2.75) is 39.9 Å². The smallest absolute Gasteiger partial charge is 0.325 e. The van der Waals surface area contributed by atoms with Crippen LogP contribution in [0.4, 0.5) is 5.69 Å². The van der Waals surface area contributed by atoms with Gasteiger partial charge < -0.3 is 9.88 Å². The van der Waals surface area contributed by atoms with Crippen molar-refractivity contribution in [3.63, 3.8) is 0 Å². The summed E-state index contributed by atoms with van der Waals surface area (Å²) in [6.45, 7) is 4.59. The van der Waals surface area contributed by atoms with E-state index in [2.05, 4.69) is 24.1 Å². The maximum atomic E-state index is 13.4. The molecule has 0 saturated heterocycles. The predicted molar refractivity (Wildman–Crippen MR) is 133 cm³/mol. The van der Waals surface area contributed by atoms with E-state index in [9.17, 15) is 14.4 Å². The number of hydrogen-bond acceptors (Lipinski definition) is 4. The molecule has 0 aliphatic carbocycles. The molecule has 0 atom stereocenters. The first-order valence-corrected chi connectivity index (χ1v) is 11.5. The third-order valence-electron chi connectivity index (χ3n) is 5.52. The highest BCUT2D eigenvalue weighted by molar-refractivity contribution is 6.30. The van der Waals surface area contributed by atoms with Crippen molar-refractivity contribution in [1.82, 2.24) is 18.7 Å². The van der Waals surface area contributed by atoms with Crippen LogP contribution in [0.25, 0.3) is 11.2 Å². The van der Waals surface area contributed by atoms with Crippen molar-refractivity contribution < 1.29 is 4.79 Å². The third-order valence-corrected chi connectivity index (χ3v) is 5.76. The topological polar surface area (TPSA) is 90.9 Å². The fourth-order valence-corrected chi connectivity index (χ4v) is 3.95. The van der Waals surface area contributed by atoms with Gasteiger partial charge in [-0.05, 0) is 36.1 Å². The molecule has 0 bridgehead atoms. The Morgan fingerprint density at radius 3 is 2.53 bits per heavy atom. The number of amides is 1. The van der Waals surface area contributed by atoms with Crippen molar-refractivity contribution in [3.8, 4) is 0 Å². The molecule has 176 valence electrons. The number of fused-ring (bicyclic) bond motifs is 1. The number of benzene rings is 2. The highest BCUT2D eigenvalue weighted by atomic mass is 35.5. The molecule has 0 aliphatic heterocycles. The van der Waals surface area contributed by atoms with Gasteiger partial charge in [0.2, 0.25) is 5.91 Å². The van der Waals surface area contributed by atoms with E-state index in [1.807, 2.05) is 30.3 Å². The number of nitrogens with zero attached hydrogens (tertiary/aromatic N) is 4. The average molecular weight is 480 g/mol. The second-order valence-electron chi connectivity index (χ2n) is 8.60. The number of hydrogen-bond donors (Lipinski definition) is 1. The summed E-state index contributed by atoms with van der Waals surface area (Å²) in [4.78, 5) is 44.0. The Labute approximate surface area is 201 Å². The molecule has 4 rings (SSSR count). The Bertz CT molecular complexity index is 1440. The zero-order valence-corrected chi connectivity index (χ0v) is 19.8. The number of imidazole rings is 1. The molecule has 2 aromatic carbocycles. The maximum Gasteiger partial charge on any atom is 0.333 e. The van der Waals surface area contributed by atoms with E-state index in [1.165, 1.54) is 4.57 Å². The zero-order chi connectivity index (χ0) is 24.2. The molecule has 4 aromatic rings. The fraction of sp³-hybridized carbons (Fsp3) is 0.280. The zero-order valence-electron chi connectivity index (χ0n) is 19.1. The van der Waals surface area contributed by atoms with E-state index in [4.69, 9.17) is 11.6 Å². The lowest BCUT2D eigenvalue weighted by atomic mass is 10.1. The SMILES string of the molecule is CC(C)CCn1cnc2c1c(=O)n(CC(=O)Nc1cccc(Cl)c1)c(=O)n2Cc1ccccc1. The molecular formula is C25H26ClN5O3.